The molecule has 3 rings (SSSR count). The standard InChI is InChI=1S/C16H15N3O4S/c1-11-6-8-12(9-7-11)24(22,23)18-16(21)19-10-15(20)17-13-4-2-3-5-14(13)19/h2-9H,10H2,1H3,(H,17,20)(H,18,21). The van der Waals surface area contributed by atoms with Crippen molar-refractivity contribution < 1.29 is 18.0 Å². The normalized spacial score (nSPS) is 13.9. The molecule has 0 spiro atoms. The molecular formula is C16H15N3O4S. The summed E-state index contributed by atoms with van der Waals surface area (Å²) in [5.41, 5.74) is 1.80. The molecule has 3 amide bonds. The summed E-state index contributed by atoms with van der Waals surface area (Å²) in [4.78, 5) is 25.2. The number of fused-ring (bicyclic) bond motifs is 1. The first-order chi connectivity index (χ1) is 11.4. The van der Waals surface area contributed by atoms with Crippen LogP contribution in [0, 0.1) is 6.92 Å². The van der Waals surface area contributed by atoms with Crippen LogP contribution in [-0.2, 0) is 14.8 Å². The smallest absolute Gasteiger partial charge is 0.323 e. The average molecular weight is 345 g/mol. The van der Waals surface area contributed by atoms with E-state index < -0.39 is 22.0 Å². The number of anilines is 2. The van der Waals surface area contributed by atoms with Gasteiger partial charge in [-0.15, -0.1) is 0 Å². The van der Waals surface area contributed by atoms with E-state index in [4.69, 9.17) is 0 Å². The van der Waals surface area contributed by atoms with Crippen molar-refractivity contribution in [1.82, 2.24) is 4.72 Å². The number of para-hydroxylation sites is 2. The van der Waals surface area contributed by atoms with Crippen LogP contribution in [0.15, 0.2) is 53.4 Å². The number of hydrogen-bond acceptors (Lipinski definition) is 4. The summed E-state index contributed by atoms with van der Waals surface area (Å²) in [6, 6.07) is 11.9. The molecule has 7 nitrogen and oxygen atoms in total. The Kier molecular flexibility index (Phi) is 3.98. The summed E-state index contributed by atoms with van der Waals surface area (Å²) in [6.45, 7) is 1.57. The van der Waals surface area contributed by atoms with Crippen LogP contribution in [0.4, 0.5) is 16.2 Å². The van der Waals surface area contributed by atoms with Crippen LogP contribution >= 0.6 is 0 Å². The molecule has 0 aromatic heterocycles. The van der Waals surface area contributed by atoms with Crippen LogP contribution in [0.1, 0.15) is 5.56 Å². The minimum absolute atomic E-state index is 0.0174. The Morgan fingerprint density at radius 1 is 1.12 bits per heavy atom. The van der Waals surface area contributed by atoms with E-state index in [2.05, 4.69) is 5.32 Å². The number of hydrogen-bond donors (Lipinski definition) is 2. The second-order valence-electron chi connectivity index (χ2n) is 5.38. The number of benzene rings is 2. The summed E-state index contributed by atoms with van der Waals surface area (Å²) >= 11 is 0. The van der Waals surface area contributed by atoms with E-state index in [1.807, 2.05) is 11.6 Å². The topological polar surface area (TPSA) is 95.6 Å². The number of amides is 3. The molecule has 0 atom stereocenters. The van der Waals surface area contributed by atoms with E-state index in [9.17, 15) is 18.0 Å². The Bertz CT molecular complexity index is 907. The predicted octanol–water partition coefficient (Wildman–Crippen LogP) is 1.85. The highest BCUT2D eigenvalue weighted by atomic mass is 32.2. The number of aryl methyl sites for hydroxylation is 1. The van der Waals surface area contributed by atoms with Gasteiger partial charge in [-0.25, -0.2) is 17.9 Å². The molecule has 2 aromatic rings. The Hall–Kier alpha value is -2.87. The number of rotatable bonds is 2. The van der Waals surface area contributed by atoms with Crippen LogP contribution in [0.25, 0.3) is 0 Å². The van der Waals surface area contributed by atoms with Crippen LogP contribution in [0.3, 0.4) is 0 Å². The lowest BCUT2D eigenvalue weighted by molar-refractivity contribution is -0.115. The Labute approximate surface area is 139 Å². The van der Waals surface area contributed by atoms with Crippen LogP contribution in [-0.4, -0.2) is 26.9 Å². The number of sulfonamides is 1. The molecule has 0 radical (unpaired) electrons. The molecule has 1 aliphatic rings. The highest BCUT2D eigenvalue weighted by Crippen LogP contribution is 2.29. The van der Waals surface area contributed by atoms with Gasteiger partial charge in [0, 0.05) is 0 Å². The van der Waals surface area contributed by atoms with E-state index in [1.165, 1.54) is 12.1 Å². The van der Waals surface area contributed by atoms with Crippen molar-refractivity contribution in [1.29, 1.82) is 0 Å². The highest BCUT2D eigenvalue weighted by Gasteiger charge is 2.29. The molecule has 1 aliphatic heterocycles. The van der Waals surface area contributed by atoms with Gasteiger partial charge in [0.15, 0.2) is 0 Å². The lowest BCUT2D eigenvalue weighted by atomic mass is 10.2. The quantitative estimate of drug-likeness (QED) is 0.868. The third-order valence-corrected chi connectivity index (χ3v) is 4.90. The van der Waals surface area contributed by atoms with Crippen LogP contribution < -0.4 is 14.9 Å². The van der Waals surface area contributed by atoms with Gasteiger partial charge >= 0.3 is 6.03 Å². The molecule has 1 heterocycles. The second-order valence-corrected chi connectivity index (χ2v) is 7.06. The highest BCUT2D eigenvalue weighted by molar-refractivity contribution is 7.90. The fourth-order valence-electron chi connectivity index (χ4n) is 2.36. The van der Waals surface area contributed by atoms with Crippen LogP contribution in [0.5, 0.6) is 0 Å². The zero-order chi connectivity index (χ0) is 17.3. The van der Waals surface area contributed by atoms with Gasteiger partial charge in [0.25, 0.3) is 10.0 Å². The predicted molar refractivity (Wildman–Crippen MR) is 89.3 cm³/mol. The first kappa shape index (κ1) is 16.0. The monoisotopic (exact) mass is 345 g/mol. The van der Waals surface area contributed by atoms with Gasteiger partial charge in [-0.1, -0.05) is 29.8 Å². The van der Waals surface area contributed by atoms with E-state index >= 15 is 0 Å². The van der Waals surface area contributed by atoms with E-state index in [0.29, 0.717) is 11.4 Å². The van der Waals surface area contributed by atoms with Crippen molar-refractivity contribution in [3.05, 3.63) is 54.1 Å². The molecule has 24 heavy (non-hydrogen) atoms. The van der Waals surface area contributed by atoms with Crippen LogP contribution in [0.2, 0.25) is 0 Å². The molecule has 0 saturated heterocycles. The van der Waals surface area contributed by atoms with Gasteiger partial charge in [0.2, 0.25) is 5.91 Å². The lowest BCUT2D eigenvalue weighted by Gasteiger charge is -2.28. The van der Waals surface area contributed by atoms with Gasteiger partial charge in [-0.2, -0.15) is 0 Å². The maximum absolute atomic E-state index is 12.4. The minimum Gasteiger partial charge on any atom is -0.323 e. The van der Waals surface area contributed by atoms with Crippen molar-refractivity contribution in [2.24, 2.45) is 0 Å². The Balaban J connectivity index is 1.87. The van der Waals surface area contributed by atoms with E-state index in [0.717, 1.165) is 10.5 Å². The number of carbonyl (C=O) groups excluding carboxylic acids is 2. The first-order valence-corrected chi connectivity index (χ1v) is 8.65. The number of nitrogens with one attached hydrogen (secondary N) is 2. The summed E-state index contributed by atoms with van der Waals surface area (Å²) in [6.07, 6.45) is 0. The molecule has 0 unspecified atom stereocenters. The number of carbonyl (C=O) groups is 2. The molecule has 0 aliphatic carbocycles. The van der Waals surface area contributed by atoms with E-state index in [-0.39, 0.29) is 11.4 Å². The van der Waals surface area contributed by atoms with Crippen molar-refractivity contribution in [2.45, 2.75) is 11.8 Å². The lowest BCUT2D eigenvalue weighted by Crippen LogP contribution is -2.48. The summed E-state index contributed by atoms with van der Waals surface area (Å²) in [7, 11) is -4.02. The largest absolute Gasteiger partial charge is 0.336 e. The average Bonchev–Trinajstić information content (AvgIpc) is 2.54. The van der Waals surface area contributed by atoms with E-state index in [1.54, 1.807) is 36.4 Å². The molecule has 124 valence electrons. The minimum atomic E-state index is -4.02. The summed E-state index contributed by atoms with van der Waals surface area (Å²) < 4.78 is 26.7. The fourth-order valence-corrected chi connectivity index (χ4v) is 3.31. The fraction of sp³-hybridized carbons (Fsp3) is 0.125. The molecular weight excluding hydrogens is 330 g/mol. The molecule has 2 N–H and O–H groups in total. The van der Waals surface area contributed by atoms with Gasteiger partial charge in [0.1, 0.15) is 6.54 Å². The SMILES string of the molecule is Cc1ccc(S(=O)(=O)NC(=O)N2CC(=O)Nc3ccccc32)cc1. The number of urea groups is 1. The number of nitrogens with zero attached hydrogens (tertiary/aromatic N) is 1. The zero-order valence-electron chi connectivity index (χ0n) is 12.8. The van der Waals surface area contributed by atoms with Gasteiger partial charge in [0.05, 0.1) is 16.3 Å². The third kappa shape index (κ3) is 3.09. The van der Waals surface area contributed by atoms with Crippen molar-refractivity contribution >= 4 is 33.3 Å². The molecule has 0 saturated carbocycles. The van der Waals surface area contributed by atoms with Gasteiger partial charge in [-0.3, -0.25) is 9.69 Å². The Morgan fingerprint density at radius 2 is 1.79 bits per heavy atom. The third-order valence-electron chi connectivity index (χ3n) is 3.57. The first-order valence-electron chi connectivity index (χ1n) is 7.17. The molecule has 0 bridgehead atoms. The van der Waals surface area contributed by atoms with Crippen molar-refractivity contribution in [3.8, 4) is 0 Å². The molecule has 8 heteroatoms. The maximum Gasteiger partial charge on any atom is 0.336 e. The molecule has 0 fully saturated rings. The van der Waals surface area contributed by atoms with Gasteiger partial charge < -0.3 is 5.32 Å². The maximum atomic E-state index is 12.4. The Morgan fingerprint density at radius 3 is 2.50 bits per heavy atom. The zero-order valence-corrected chi connectivity index (χ0v) is 13.6. The second kappa shape index (κ2) is 5.97. The van der Waals surface area contributed by atoms with Crippen molar-refractivity contribution in [2.75, 3.05) is 16.8 Å². The summed E-state index contributed by atoms with van der Waals surface area (Å²) in [5.74, 6) is -0.392. The molecule has 2 aromatic carbocycles. The van der Waals surface area contributed by atoms with Crippen molar-refractivity contribution in [3.63, 3.8) is 0 Å². The summed E-state index contributed by atoms with van der Waals surface area (Å²) in [5, 5.41) is 2.64. The van der Waals surface area contributed by atoms with Gasteiger partial charge in [-0.05, 0) is 31.2 Å².